The lowest BCUT2D eigenvalue weighted by Crippen LogP contribution is -2.26. The molecule has 1 aromatic heterocycles. The zero-order chi connectivity index (χ0) is 19.1. The van der Waals surface area contributed by atoms with E-state index < -0.39 is 0 Å². The number of esters is 1. The number of nitrogens with one attached hydrogen (secondary N) is 1. The molecule has 1 aliphatic rings. The van der Waals surface area contributed by atoms with Crippen molar-refractivity contribution >= 4 is 17.9 Å². The summed E-state index contributed by atoms with van der Waals surface area (Å²) < 4.78 is 4.84. The van der Waals surface area contributed by atoms with E-state index in [1.54, 1.807) is 25.4 Å². The number of carbonyl (C=O) groups is 1. The van der Waals surface area contributed by atoms with Gasteiger partial charge < -0.3 is 10.1 Å². The van der Waals surface area contributed by atoms with Gasteiger partial charge >= 0.3 is 5.97 Å². The molecule has 0 aliphatic carbocycles. The number of benzene rings is 1. The number of rotatable bonds is 7. The number of hydrogen-bond donors (Lipinski definition) is 1. The van der Waals surface area contributed by atoms with Crippen LogP contribution in [-0.2, 0) is 16.1 Å². The van der Waals surface area contributed by atoms with Crippen LogP contribution in [0.3, 0.4) is 0 Å². The summed E-state index contributed by atoms with van der Waals surface area (Å²) in [6.45, 7) is 7.29. The number of anilines is 1. The molecule has 1 fully saturated rings. The molecular weight excluding hydrogens is 340 g/mol. The minimum atomic E-state index is -0.374. The van der Waals surface area contributed by atoms with Crippen LogP contribution in [0.2, 0.25) is 0 Å². The molecule has 0 amide bonds. The number of aryl methyl sites for hydroxylation is 1. The SMILES string of the molecule is CCOC(=O)/C=C/c1cnc(N[C@@H]2CCN(Cc3cccc(C)c3)C2)cn1. The fourth-order valence-electron chi connectivity index (χ4n) is 3.21. The summed E-state index contributed by atoms with van der Waals surface area (Å²) in [7, 11) is 0. The van der Waals surface area contributed by atoms with Gasteiger partial charge in [0.15, 0.2) is 0 Å². The lowest BCUT2D eigenvalue weighted by molar-refractivity contribution is -0.137. The molecule has 1 aliphatic heterocycles. The van der Waals surface area contributed by atoms with Crippen molar-refractivity contribution < 1.29 is 9.53 Å². The van der Waals surface area contributed by atoms with Gasteiger partial charge in [-0.25, -0.2) is 9.78 Å². The zero-order valence-electron chi connectivity index (χ0n) is 15.9. The molecular formula is C21H26N4O2. The maximum Gasteiger partial charge on any atom is 0.330 e. The van der Waals surface area contributed by atoms with Crippen molar-refractivity contribution in [3.8, 4) is 0 Å². The third-order valence-electron chi connectivity index (χ3n) is 4.46. The molecule has 1 aromatic carbocycles. The average Bonchev–Trinajstić information content (AvgIpc) is 3.08. The molecule has 6 nitrogen and oxygen atoms in total. The van der Waals surface area contributed by atoms with Gasteiger partial charge in [0.25, 0.3) is 0 Å². The first-order valence-electron chi connectivity index (χ1n) is 9.33. The van der Waals surface area contributed by atoms with Crippen LogP contribution in [0.25, 0.3) is 6.08 Å². The molecule has 2 heterocycles. The van der Waals surface area contributed by atoms with Crippen LogP contribution in [0.15, 0.2) is 42.7 Å². The van der Waals surface area contributed by atoms with E-state index in [0.717, 1.165) is 31.9 Å². The summed E-state index contributed by atoms with van der Waals surface area (Å²) >= 11 is 0. The van der Waals surface area contributed by atoms with Crippen LogP contribution in [0.5, 0.6) is 0 Å². The molecule has 0 spiro atoms. The van der Waals surface area contributed by atoms with Crippen molar-refractivity contribution in [1.29, 1.82) is 0 Å². The fraction of sp³-hybridized carbons (Fsp3) is 0.381. The Labute approximate surface area is 160 Å². The van der Waals surface area contributed by atoms with Gasteiger partial charge in [0.2, 0.25) is 0 Å². The largest absolute Gasteiger partial charge is 0.463 e. The molecule has 142 valence electrons. The number of nitrogens with zero attached hydrogens (tertiary/aromatic N) is 3. The van der Waals surface area contributed by atoms with Gasteiger partial charge in [0, 0.05) is 31.8 Å². The first-order valence-corrected chi connectivity index (χ1v) is 9.33. The highest BCUT2D eigenvalue weighted by atomic mass is 16.5. The minimum Gasteiger partial charge on any atom is -0.463 e. The topological polar surface area (TPSA) is 67.3 Å². The van der Waals surface area contributed by atoms with E-state index in [-0.39, 0.29) is 5.97 Å². The first-order chi connectivity index (χ1) is 13.1. The maximum absolute atomic E-state index is 11.3. The van der Waals surface area contributed by atoms with E-state index in [2.05, 4.69) is 51.4 Å². The van der Waals surface area contributed by atoms with Crippen LogP contribution in [-0.4, -0.2) is 46.6 Å². The van der Waals surface area contributed by atoms with Gasteiger partial charge in [-0.1, -0.05) is 29.8 Å². The monoisotopic (exact) mass is 366 g/mol. The van der Waals surface area contributed by atoms with Crippen LogP contribution in [0, 0.1) is 6.92 Å². The number of carbonyl (C=O) groups excluding carboxylic acids is 1. The lowest BCUT2D eigenvalue weighted by atomic mass is 10.1. The molecule has 1 atom stereocenters. The summed E-state index contributed by atoms with van der Waals surface area (Å²) in [5, 5.41) is 3.45. The second-order valence-corrected chi connectivity index (χ2v) is 6.77. The van der Waals surface area contributed by atoms with Crippen molar-refractivity contribution in [1.82, 2.24) is 14.9 Å². The molecule has 1 N–H and O–H groups in total. The number of hydrogen-bond acceptors (Lipinski definition) is 6. The molecule has 27 heavy (non-hydrogen) atoms. The maximum atomic E-state index is 11.3. The fourth-order valence-corrected chi connectivity index (χ4v) is 3.21. The predicted octanol–water partition coefficient (Wildman–Crippen LogP) is 3.05. The highest BCUT2D eigenvalue weighted by molar-refractivity contribution is 5.86. The van der Waals surface area contributed by atoms with E-state index in [4.69, 9.17) is 4.74 Å². The number of ether oxygens (including phenoxy) is 1. The lowest BCUT2D eigenvalue weighted by Gasteiger charge is -2.17. The second kappa shape index (κ2) is 9.28. The molecule has 0 radical (unpaired) electrons. The normalized spacial score (nSPS) is 17.3. The van der Waals surface area contributed by atoms with E-state index in [1.165, 1.54) is 17.2 Å². The summed E-state index contributed by atoms with van der Waals surface area (Å²) in [6, 6.07) is 9.04. The molecule has 0 bridgehead atoms. The van der Waals surface area contributed by atoms with E-state index in [1.807, 2.05) is 0 Å². The van der Waals surface area contributed by atoms with Crippen molar-refractivity contribution in [2.45, 2.75) is 32.9 Å². The summed E-state index contributed by atoms with van der Waals surface area (Å²) in [5.41, 5.74) is 3.28. The average molecular weight is 366 g/mol. The van der Waals surface area contributed by atoms with Gasteiger partial charge in [-0.2, -0.15) is 0 Å². The van der Waals surface area contributed by atoms with Gasteiger partial charge in [-0.15, -0.1) is 0 Å². The van der Waals surface area contributed by atoms with Crippen LogP contribution < -0.4 is 5.32 Å². The Morgan fingerprint density at radius 2 is 2.26 bits per heavy atom. The Kier molecular flexibility index (Phi) is 6.54. The van der Waals surface area contributed by atoms with E-state index in [0.29, 0.717) is 18.3 Å². The Morgan fingerprint density at radius 1 is 1.37 bits per heavy atom. The highest BCUT2D eigenvalue weighted by Crippen LogP contribution is 2.17. The summed E-state index contributed by atoms with van der Waals surface area (Å²) in [5.74, 6) is 0.381. The predicted molar refractivity (Wildman–Crippen MR) is 106 cm³/mol. The number of likely N-dealkylation sites (tertiary alicyclic amines) is 1. The third-order valence-corrected chi connectivity index (χ3v) is 4.46. The third kappa shape index (κ3) is 5.89. The summed E-state index contributed by atoms with van der Waals surface area (Å²) in [6.07, 6.45) is 7.40. The number of aromatic nitrogens is 2. The first kappa shape index (κ1) is 19.0. The van der Waals surface area contributed by atoms with Gasteiger partial charge in [-0.3, -0.25) is 9.88 Å². The van der Waals surface area contributed by atoms with Gasteiger partial charge in [-0.05, 0) is 31.9 Å². The van der Waals surface area contributed by atoms with Crippen molar-refractivity contribution in [2.75, 3.05) is 25.0 Å². The van der Waals surface area contributed by atoms with Crippen LogP contribution in [0.1, 0.15) is 30.2 Å². The van der Waals surface area contributed by atoms with Gasteiger partial charge in [0.1, 0.15) is 5.82 Å². The molecule has 0 unspecified atom stereocenters. The quantitative estimate of drug-likeness (QED) is 0.600. The Balaban J connectivity index is 1.49. The Hall–Kier alpha value is -2.73. The van der Waals surface area contributed by atoms with Crippen molar-refractivity contribution in [3.05, 3.63) is 59.6 Å². The molecule has 0 saturated carbocycles. The zero-order valence-corrected chi connectivity index (χ0v) is 15.9. The van der Waals surface area contributed by atoms with Crippen LogP contribution in [0.4, 0.5) is 5.82 Å². The summed E-state index contributed by atoms with van der Waals surface area (Å²) in [4.78, 5) is 22.5. The molecule has 6 heteroatoms. The van der Waals surface area contributed by atoms with E-state index >= 15 is 0 Å². The van der Waals surface area contributed by atoms with Crippen molar-refractivity contribution in [2.24, 2.45) is 0 Å². The van der Waals surface area contributed by atoms with Gasteiger partial charge in [0.05, 0.1) is 24.7 Å². The Morgan fingerprint density at radius 3 is 3.00 bits per heavy atom. The smallest absolute Gasteiger partial charge is 0.330 e. The highest BCUT2D eigenvalue weighted by Gasteiger charge is 2.22. The standard InChI is InChI=1S/C21H26N4O2/c1-3-27-21(26)8-7-18-12-23-20(13-22-18)24-19-9-10-25(15-19)14-17-6-4-5-16(2)11-17/h4-8,11-13,19H,3,9-10,14-15H2,1-2H3,(H,23,24)/b8-7+/t19-/m1/s1. The molecule has 2 aromatic rings. The second-order valence-electron chi connectivity index (χ2n) is 6.77. The van der Waals surface area contributed by atoms with E-state index in [9.17, 15) is 4.79 Å². The molecule has 1 saturated heterocycles. The Bertz CT molecular complexity index is 789. The van der Waals surface area contributed by atoms with Crippen molar-refractivity contribution in [3.63, 3.8) is 0 Å². The molecule has 3 rings (SSSR count). The minimum absolute atomic E-state index is 0.361. The van der Waals surface area contributed by atoms with Crippen LogP contribution >= 0.6 is 0 Å².